The number of esters is 1. The van der Waals surface area contributed by atoms with Gasteiger partial charge in [0, 0.05) is 12.3 Å². The van der Waals surface area contributed by atoms with Crippen molar-refractivity contribution in [1.82, 2.24) is 0 Å². The highest BCUT2D eigenvalue weighted by Gasteiger charge is 2.71. The molecule has 0 aromatic heterocycles. The summed E-state index contributed by atoms with van der Waals surface area (Å²) < 4.78 is 10.4. The minimum atomic E-state index is -0.970. The SMILES string of the molecule is CCOC1=CC[C@H]2C(=O)O[C@H]3C[C@@](C)(O)[C@]1(Br)[C@H]32. The standard InChI is InChI=1S/C13H17BrO4/c1-3-17-9-5-4-7-10-8(18-11(7)15)6-12(2,16)13(9,10)14/h5,7-8,10,16H,3-4,6H2,1-2H3/t7-,8+,10+,12-,13-/m1/s1. The highest BCUT2D eigenvalue weighted by Crippen LogP contribution is 2.62. The van der Waals surface area contributed by atoms with E-state index in [1.165, 1.54) is 0 Å². The Hall–Kier alpha value is -0.550. The zero-order valence-corrected chi connectivity index (χ0v) is 12.1. The maximum atomic E-state index is 11.8. The quantitative estimate of drug-likeness (QED) is 0.623. The molecule has 0 amide bonds. The van der Waals surface area contributed by atoms with Crippen LogP contribution in [0.3, 0.4) is 0 Å². The molecule has 0 spiro atoms. The molecule has 4 nitrogen and oxygen atoms in total. The normalized spacial score (nSPS) is 49.7. The Morgan fingerprint density at radius 3 is 3.06 bits per heavy atom. The highest BCUT2D eigenvalue weighted by molar-refractivity contribution is 9.10. The van der Waals surface area contributed by atoms with E-state index in [9.17, 15) is 9.90 Å². The molecule has 5 atom stereocenters. The average Bonchev–Trinajstić information content (AvgIpc) is 2.68. The Morgan fingerprint density at radius 1 is 1.67 bits per heavy atom. The van der Waals surface area contributed by atoms with E-state index in [1.807, 2.05) is 13.0 Å². The number of carbonyl (C=O) groups excluding carboxylic acids is 1. The molecule has 2 fully saturated rings. The molecule has 18 heavy (non-hydrogen) atoms. The van der Waals surface area contributed by atoms with E-state index in [-0.39, 0.29) is 23.9 Å². The van der Waals surface area contributed by atoms with Crippen LogP contribution >= 0.6 is 15.9 Å². The molecule has 0 unspecified atom stereocenters. The number of hydrogen-bond donors (Lipinski definition) is 1. The third-order valence-corrected chi connectivity index (χ3v) is 6.24. The van der Waals surface area contributed by atoms with E-state index in [2.05, 4.69) is 15.9 Å². The Bertz CT molecular complexity index is 431. The van der Waals surface area contributed by atoms with Gasteiger partial charge in [-0.05, 0) is 26.3 Å². The summed E-state index contributed by atoms with van der Waals surface area (Å²) in [5.74, 6) is 0.410. The molecular weight excluding hydrogens is 300 g/mol. The number of allylic oxidation sites excluding steroid dienone is 1. The average molecular weight is 317 g/mol. The van der Waals surface area contributed by atoms with Gasteiger partial charge in [-0.2, -0.15) is 0 Å². The Morgan fingerprint density at radius 2 is 2.39 bits per heavy atom. The number of halogens is 1. The van der Waals surface area contributed by atoms with Crippen molar-refractivity contribution in [3.63, 3.8) is 0 Å². The van der Waals surface area contributed by atoms with Crippen molar-refractivity contribution in [1.29, 1.82) is 0 Å². The van der Waals surface area contributed by atoms with Gasteiger partial charge in [-0.1, -0.05) is 15.9 Å². The van der Waals surface area contributed by atoms with Crippen molar-refractivity contribution in [3.8, 4) is 0 Å². The molecule has 1 N–H and O–H groups in total. The van der Waals surface area contributed by atoms with E-state index < -0.39 is 9.93 Å². The monoisotopic (exact) mass is 316 g/mol. The van der Waals surface area contributed by atoms with Crippen molar-refractivity contribution in [2.45, 2.75) is 42.7 Å². The van der Waals surface area contributed by atoms with E-state index >= 15 is 0 Å². The summed E-state index contributed by atoms with van der Waals surface area (Å²) in [6.45, 7) is 4.25. The fourth-order valence-electron chi connectivity index (χ4n) is 3.69. The number of hydrogen-bond acceptors (Lipinski definition) is 4. The fourth-order valence-corrected chi connectivity index (χ4v) is 4.74. The smallest absolute Gasteiger partial charge is 0.310 e. The molecule has 0 bridgehead atoms. The van der Waals surface area contributed by atoms with Crippen LogP contribution in [0.4, 0.5) is 0 Å². The van der Waals surface area contributed by atoms with Gasteiger partial charge in [-0.25, -0.2) is 0 Å². The number of alkyl halides is 1. The minimum Gasteiger partial charge on any atom is -0.497 e. The second kappa shape index (κ2) is 3.73. The Labute approximate surface area is 114 Å². The molecule has 1 saturated heterocycles. The molecule has 5 heteroatoms. The van der Waals surface area contributed by atoms with Crippen LogP contribution in [0.25, 0.3) is 0 Å². The maximum absolute atomic E-state index is 11.8. The van der Waals surface area contributed by atoms with Crippen molar-refractivity contribution in [2.24, 2.45) is 11.8 Å². The first-order valence-electron chi connectivity index (χ1n) is 6.37. The maximum Gasteiger partial charge on any atom is 0.310 e. The molecular formula is C13H17BrO4. The lowest BCUT2D eigenvalue weighted by Gasteiger charge is -2.43. The number of aliphatic hydroxyl groups is 1. The number of carbonyl (C=O) groups is 1. The van der Waals surface area contributed by atoms with Crippen LogP contribution in [-0.2, 0) is 14.3 Å². The summed E-state index contributed by atoms with van der Waals surface area (Å²) in [7, 11) is 0. The molecule has 0 aromatic carbocycles. The van der Waals surface area contributed by atoms with Gasteiger partial charge in [0.05, 0.1) is 18.1 Å². The predicted octanol–water partition coefficient (Wildman–Crippen LogP) is 1.76. The topological polar surface area (TPSA) is 55.8 Å². The van der Waals surface area contributed by atoms with E-state index in [0.717, 1.165) is 5.76 Å². The van der Waals surface area contributed by atoms with Crippen LogP contribution in [0.15, 0.2) is 11.8 Å². The summed E-state index contributed by atoms with van der Waals surface area (Å²) in [6, 6.07) is 0. The summed E-state index contributed by atoms with van der Waals surface area (Å²) in [6.07, 6.45) is 2.80. The summed E-state index contributed by atoms with van der Waals surface area (Å²) >= 11 is 3.68. The van der Waals surface area contributed by atoms with Crippen LogP contribution in [0, 0.1) is 11.8 Å². The molecule has 3 aliphatic rings. The first-order chi connectivity index (χ1) is 8.41. The third-order valence-electron chi connectivity index (χ3n) is 4.46. The summed E-state index contributed by atoms with van der Waals surface area (Å²) in [5.41, 5.74) is -0.970. The van der Waals surface area contributed by atoms with Gasteiger partial charge in [0.1, 0.15) is 16.2 Å². The first-order valence-corrected chi connectivity index (χ1v) is 7.16. The molecule has 1 saturated carbocycles. The Kier molecular flexibility index (Phi) is 2.59. The van der Waals surface area contributed by atoms with Gasteiger partial charge < -0.3 is 14.6 Å². The van der Waals surface area contributed by atoms with Gasteiger partial charge in [0.2, 0.25) is 0 Å². The molecule has 0 radical (unpaired) electrons. The number of rotatable bonds is 2. The molecule has 3 rings (SSSR count). The van der Waals surface area contributed by atoms with Crippen molar-refractivity contribution >= 4 is 21.9 Å². The van der Waals surface area contributed by atoms with Gasteiger partial charge in [0.15, 0.2) is 0 Å². The molecule has 1 heterocycles. The van der Waals surface area contributed by atoms with E-state index in [4.69, 9.17) is 9.47 Å². The molecule has 100 valence electrons. The zero-order valence-electron chi connectivity index (χ0n) is 10.5. The molecule has 0 aromatic rings. The first kappa shape index (κ1) is 12.5. The number of ether oxygens (including phenoxy) is 2. The van der Waals surface area contributed by atoms with Crippen LogP contribution in [-0.4, -0.2) is 33.7 Å². The minimum absolute atomic E-state index is 0.0356. The van der Waals surface area contributed by atoms with Gasteiger partial charge in [0.25, 0.3) is 0 Å². The second-order valence-electron chi connectivity index (χ2n) is 5.53. The lowest BCUT2D eigenvalue weighted by Crippen LogP contribution is -2.52. The second-order valence-corrected chi connectivity index (χ2v) is 6.79. The summed E-state index contributed by atoms with van der Waals surface area (Å²) in [4.78, 5) is 11.8. The van der Waals surface area contributed by atoms with Crippen molar-refractivity contribution in [2.75, 3.05) is 6.61 Å². The predicted molar refractivity (Wildman–Crippen MR) is 68.1 cm³/mol. The largest absolute Gasteiger partial charge is 0.497 e. The Balaban J connectivity index is 2.09. The molecule has 2 aliphatic carbocycles. The fraction of sp³-hybridized carbons (Fsp3) is 0.769. The van der Waals surface area contributed by atoms with Crippen LogP contribution in [0.2, 0.25) is 0 Å². The van der Waals surface area contributed by atoms with Crippen molar-refractivity contribution < 1.29 is 19.4 Å². The zero-order chi connectivity index (χ0) is 13.1. The highest BCUT2D eigenvalue weighted by atomic mass is 79.9. The summed E-state index contributed by atoms with van der Waals surface area (Å²) in [5, 5.41) is 10.7. The third kappa shape index (κ3) is 1.32. The lowest BCUT2D eigenvalue weighted by atomic mass is 9.73. The van der Waals surface area contributed by atoms with Gasteiger partial charge >= 0.3 is 5.97 Å². The lowest BCUT2D eigenvalue weighted by molar-refractivity contribution is -0.145. The van der Waals surface area contributed by atoms with Crippen LogP contribution in [0.5, 0.6) is 0 Å². The van der Waals surface area contributed by atoms with Crippen molar-refractivity contribution in [3.05, 3.63) is 11.8 Å². The van der Waals surface area contributed by atoms with Crippen LogP contribution in [0.1, 0.15) is 26.7 Å². The molecule has 1 aliphatic heterocycles. The van der Waals surface area contributed by atoms with E-state index in [1.54, 1.807) is 6.92 Å². The van der Waals surface area contributed by atoms with Gasteiger partial charge in [-0.3, -0.25) is 4.79 Å². The van der Waals surface area contributed by atoms with E-state index in [0.29, 0.717) is 19.4 Å². The van der Waals surface area contributed by atoms with Gasteiger partial charge in [-0.15, -0.1) is 0 Å². The van der Waals surface area contributed by atoms with Crippen LogP contribution < -0.4 is 0 Å².